The van der Waals surface area contributed by atoms with Crippen molar-refractivity contribution < 1.29 is 9.53 Å². The summed E-state index contributed by atoms with van der Waals surface area (Å²) in [5.41, 5.74) is 1.14. The zero-order valence-corrected chi connectivity index (χ0v) is 14.7. The summed E-state index contributed by atoms with van der Waals surface area (Å²) in [4.78, 5) is 16.5. The average Bonchev–Trinajstić information content (AvgIpc) is 2.54. The molecule has 1 fully saturated rings. The van der Waals surface area contributed by atoms with Crippen molar-refractivity contribution in [2.24, 2.45) is 5.92 Å². The highest BCUT2D eigenvalue weighted by Crippen LogP contribution is 2.22. The monoisotopic (exact) mass is 319 g/mol. The number of nitrogens with zero attached hydrogens (tertiary/aromatic N) is 2. The van der Waals surface area contributed by atoms with Crippen LogP contribution in [0.1, 0.15) is 31.4 Å². The number of hydrogen-bond acceptors (Lipinski definition) is 3. The zero-order valence-electron chi connectivity index (χ0n) is 14.7. The SMILES string of the molecule is COc1cccc(C(CNC(=O)N2CCCC(C)C2)N(C)C)c1. The van der Waals surface area contributed by atoms with Crippen LogP contribution in [-0.2, 0) is 0 Å². The van der Waals surface area contributed by atoms with E-state index in [9.17, 15) is 4.79 Å². The van der Waals surface area contributed by atoms with Crippen molar-refractivity contribution in [1.29, 1.82) is 0 Å². The molecule has 2 amide bonds. The Morgan fingerprint density at radius 3 is 2.91 bits per heavy atom. The van der Waals surface area contributed by atoms with Gasteiger partial charge in [-0.1, -0.05) is 19.1 Å². The molecule has 1 aromatic rings. The summed E-state index contributed by atoms with van der Waals surface area (Å²) in [6.45, 7) is 4.52. The van der Waals surface area contributed by atoms with Crippen LogP contribution in [-0.4, -0.2) is 56.7 Å². The molecule has 128 valence electrons. The molecule has 1 N–H and O–H groups in total. The van der Waals surface area contributed by atoms with Crippen molar-refractivity contribution in [2.75, 3.05) is 40.8 Å². The molecule has 0 radical (unpaired) electrons. The quantitative estimate of drug-likeness (QED) is 0.907. The van der Waals surface area contributed by atoms with Crippen LogP contribution in [0.2, 0.25) is 0 Å². The summed E-state index contributed by atoms with van der Waals surface area (Å²) in [7, 11) is 5.72. The molecule has 2 unspecified atom stereocenters. The molecule has 1 aliphatic heterocycles. The van der Waals surface area contributed by atoms with E-state index in [1.807, 2.05) is 37.2 Å². The molecule has 0 spiro atoms. The molecule has 1 saturated heterocycles. The normalized spacial score (nSPS) is 19.5. The Hall–Kier alpha value is -1.75. The number of urea groups is 1. The second-order valence-electron chi connectivity index (χ2n) is 6.64. The Morgan fingerprint density at radius 2 is 2.26 bits per heavy atom. The summed E-state index contributed by atoms with van der Waals surface area (Å²) in [5.74, 6) is 1.43. The van der Waals surface area contributed by atoms with Crippen molar-refractivity contribution in [3.63, 3.8) is 0 Å². The number of methoxy groups -OCH3 is 1. The standard InChI is InChI=1S/C18H29N3O2/c1-14-7-6-10-21(13-14)18(22)19-12-17(20(2)3)15-8-5-9-16(11-15)23-4/h5,8-9,11,14,17H,6-7,10,12-13H2,1-4H3,(H,19,22). The number of likely N-dealkylation sites (N-methyl/N-ethyl adjacent to an activating group) is 1. The Morgan fingerprint density at radius 1 is 1.48 bits per heavy atom. The molecule has 0 saturated carbocycles. The third-order valence-corrected chi connectivity index (χ3v) is 4.49. The fourth-order valence-electron chi connectivity index (χ4n) is 3.12. The Balaban J connectivity index is 1.98. The van der Waals surface area contributed by atoms with Gasteiger partial charge >= 0.3 is 6.03 Å². The molecular formula is C18H29N3O2. The van der Waals surface area contributed by atoms with E-state index >= 15 is 0 Å². The van der Waals surface area contributed by atoms with E-state index in [1.54, 1.807) is 7.11 Å². The van der Waals surface area contributed by atoms with Crippen molar-refractivity contribution in [3.05, 3.63) is 29.8 Å². The van der Waals surface area contributed by atoms with E-state index in [0.29, 0.717) is 12.5 Å². The van der Waals surface area contributed by atoms with Gasteiger partial charge in [0.05, 0.1) is 13.2 Å². The predicted molar refractivity (Wildman–Crippen MR) is 92.8 cm³/mol. The number of amides is 2. The molecule has 2 rings (SSSR count). The first kappa shape index (κ1) is 17.6. The van der Waals surface area contributed by atoms with Gasteiger partial charge in [-0.05, 0) is 50.6 Å². The maximum Gasteiger partial charge on any atom is 0.317 e. The minimum absolute atomic E-state index is 0.0475. The number of ether oxygens (including phenoxy) is 1. The van der Waals surface area contributed by atoms with Crippen LogP contribution in [0.15, 0.2) is 24.3 Å². The fourth-order valence-corrected chi connectivity index (χ4v) is 3.12. The van der Waals surface area contributed by atoms with E-state index in [1.165, 1.54) is 6.42 Å². The summed E-state index contributed by atoms with van der Waals surface area (Å²) < 4.78 is 5.30. The predicted octanol–water partition coefficient (Wildman–Crippen LogP) is 2.74. The van der Waals surface area contributed by atoms with E-state index in [4.69, 9.17) is 4.74 Å². The second kappa shape index (κ2) is 8.20. The topological polar surface area (TPSA) is 44.8 Å². The lowest BCUT2D eigenvalue weighted by atomic mass is 10.0. The van der Waals surface area contributed by atoms with Gasteiger partial charge < -0.3 is 19.9 Å². The van der Waals surface area contributed by atoms with Crippen LogP contribution in [0.5, 0.6) is 5.75 Å². The number of benzene rings is 1. The van der Waals surface area contributed by atoms with E-state index in [-0.39, 0.29) is 12.1 Å². The zero-order chi connectivity index (χ0) is 16.8. The van der Waals surface area contributed by atoms with Gasteiger partial charge in [0.2, 0.25) is 0 Å². The van der Waals surface area contributed by atoms with Gasteiger partial charge in [-0.2, -0.15) is 0 Å². The fraction of sp³-hybridized carbons (Fsp3) is 0.611. The number of rotatable bonds is 5. The van der Waals surface area contributed by atoms with Gasteiger partial charge in [-0.3, -0.25) is 0 Å². The summed E-state index contributed by atoms with van der Waals surface area (Å²) in [5, 5.41) is 3.09. The van der Waals surface area contributed by atoms with Crippen LogP contribution in [0, 0.1) is 5.92 Å². The average molecular weight is 319 g/mol. The number of carbonyl (C=O) groups is 1. The van der Waals surface area contributed by atoms with Crippen LogP contribution in [0.4, 0.5) is 4.79 Å². The third kappa shape index (κ3) is 4.86. The van der Waals surface area contributed by atoms with Crippen LogP contribution < -0.4 is 10.1 Å². The number of nitrogens with one attached hydrogen (secondary N) is 1. The van der Waals surface area contributed by atoms with Gasteiger partial charge in [0.15, 0.2) is 0 Å². The Bertz CT molecular complexity index is 519. The molecular weight excluding hydrogens is 290 g/mol. The van der Waals surface area contributed by atoms with E-state index in [0.717, 1.165) is 30.8 Å². The molecule has 1 aromatic carbocycles. The van der Waals surface area contributed by atoms with Crippen molar-refractivity contribution in [1.82, 2.24) is 15.1 Å². The number of carbonyl (C=O) groups excluding carboxylic acids is 1. The highest BCUT2D eigenvalue weighted by molar-refractivity contribution is 5.74. The lowest BCUT2D eigenvalue weighted by molar-refractivity contribution is 0.166. The minimum Gasteiger partial charge on any atom is -0.497 e. The van der Waals surface area contributed by atoms with Gasteiger partial charge in [0, 0.05) is 19.6 Å². The molecule has 5 heteroatoms. The van der Waals surface area contributed by atoms with Crippen LogP contribution in [0.3, 0.4) is 0 Å². The van der Waals surface area contributed by atoms with E-state index < -0.39 is 0 Å². The smallest absolute Gasteiger partial charge is 0.317 e. The lowest BCUT2D eigenvalue weighted by Crippen LogP contribution is -2.47. The first-order valence-electron chi connectivity index (χ1n) is 8.34. The maximum atomic E-state index is 12.4. The minimum atomic E-state index is 0.0475. The number of piperidine rings is 1. The van der Waals surface area contributed by atoms with Crippen LogP contribution in [0.25, 0.3) is 0 Å². The maximum absolute atomic E-state index is 12.4. The van der Waals surface area contributed by atoms with Crippen molar-refractivity contribution in [3.8, 4) is 5.75 Å². The van der Waals surface area contributed by atoms with Gasteiger partial charge in [-0.25, -0.2) is 4.79 Å². The number of likely N-dealkylation sites (tertiary alicyclic amines) is 1. The Labute approximate surface area is 139 Å². The highest BCUT2D eigenvalue weighted by Gasteiger charge is 2.22. The molecule has 23 heavy (non-hydrogen) atoms. The second-order valence-corrected chi connectivity index (χ2v) is 6.64. The highest BCUT2D eigenvalue weighted by atomic mass is 16.5. The van der Waals surface area contributed by atoms with Crippen molar-refractivity contribution in [2.45, 2.75) is 25.8 Å². The first-order chi connectivity index (χ1) is 11.0. The van der Waals surface area contributed by atoms with Crippen LogP contribution >= 0.6 is 0 Å². The largest absolute Gasteiger partial charge is 0.497 e. The molecule has 1 heterocycles. The lowest BCUT2D eigenvalue weighted by Gasteiger charge is -2.32. The van der Waals surface area contributed by atoms with Crippen molar-refractivity contribution >= 4 is 6.03 Å². The van der Waals surface area contributed by atoms with Gasteiger partial charge in [0.1, 0.15) is 5.75 Å². The Kier molecular flexibility index (Phi) is 6.28. The van der Waals surface area contributed by atoms with Gasteiger partial charge in [0.25, 0.3) is 0 Å². The molecule has 0 aromatic heterocycles. The molecule has 0 aliphatic carbocycles. The first-order valence-corrected chi connectivity index (χ1v) is 8.34. The summed E-state index contributed by atoms with van der Waals surface area (Å²) >= 11 is 0. The van der Waals surface area contributed by atoms with E-state index in [2.05, 4.69) is 23.2 Å². The molecule has 0 bridgehead atoms. The van der Waals surface area contributed by atoms with Gasteiger partial charge in [-0.15, -0.1) is 0 Å². The molecule has 5 nitrogen and oxygen atoms in total. The number of hydrogen-bond donors (Lipinski definition) is 1. The summed E-state index contributed by atoms with van der Waals surface area (Å²) in [6.07, 6.45) is 2.31. The molecule has 1 aliphatic rings. The summed E-state index contributed by atoms with van der Waals surface area (Å²) in [6, 6.07) is 8.19. The molecule has 2 atom stereocenters. The third-order valence-electron chi connectivity index (χ3n) is 4.49.